The predicted octanol–water partition coefficient (Wildman–Crippen LogP) is 3.23. The normalized spacial score (nSPS) is 18.7. The van der Waals surface area contributed by atoms with Crippen molar-refractivity contribution in [2.45, 2.75) is 45.3 Å². The minimum Gasteiger partial charge on any atom is -0.485 e. The van der Waals surface area contributed by atoms with E-state index in [0.29, 0.717) is 18.6 Å². The molecule has 9 nitrogen and oxygen atoms in total. The molecule has 0 radical (unpaired) electrons. The van der Waals surface area contributed by atoms with E-state index in [9.17, 15) is 4.79 Å². The molecule has 0 unspecified atom stereocenters. The molecule has 182 valence electrons. The molecule has 2 saturated heterocycles. The van der Waals surface area contributed by atoms with E-state index in [0.717, 1.165) is 84.4 Å². The molecular weight excluding hydrogens is 442 g/mol. The number of aryl methyl sites for hydroxylation is 2. The topological polar surface area (TPSA) is 88.4 Å². The molecule has 0 saturated carbocycles. The van der Waals surface area contributed by atoms with Gasteiger partial charge in [-0.25, -0.2) is 4.98 Å². The predicted molar refractivity (Wildman–Crippen MR) is 133 cm³/mol. The SMILES string of the molecule is CC(=O)N1CC(N2CCC(c3cc4c(c(C)n3)OCc3c(-c5cnn(C)c5)ccnc3N4)CC2)C1. The quantitative estimate of drug-likeness (QED) is 0.625. The molecule has 0 atom stereocenters. The third-order valence-corrected chi connectivity index (χ3v) is 7.62. The summed E-state index contributed by atoms with van der Waals surface area (Å²) in [5.41, 5.74) is 6.08. The van der Waals surface area contributed by atoms with Crippen molar-refractivity contribution in [2.75, 3.05) is 31.5 Å². The second-order valence-corrected chi connectivity index (χ2v) is 9.90. The summed E-state index contributed by atoms with van der Waals surface area (Å²) >= 11 is 0. The molecule has 0 bridgehead atoms. The fraction of sp³-hybridized carbons (Fsp3) is 0.462. The monoisotopic (exact) mass is 473 g/mol. The summed E-state index contributed by atoms with van der Waals surface area (Å²) in [6, 6.07) is 4.67. The first-order valence-corrected chi connectivity index (χ1v) is 12.3. The van der Waals surface area contributed by atoms with Crippen LogP contribution in [-0.2, 0) is 18.4 Å². The molecule has 2 fully saturated rings. The summed E-state index contributed by atoms with van der Waals surface area (Å²) in [7, 11) is 1.92. The molecule has 1 amide bonds. The Morgan fingerprint density at radius 2 is 2.03 bits per heavy atom. The Balaban J connectivity index is 1.21. The Hall–Kier alpha value is -3.46. The number of nitrogens with one attached hydrogen (secondary N) is 1. The number of fused-ring (bicyclic) bond motifs is 2. The Bertz CT molecular complexity index is 1270. The molecular formula is C26H31N7O2. The van der Waals surface area contributed by atoms with Crippen LogP contribution in [0.25, 0.3) is 11.1 Å². The van der Waals surface area contributed by atoms with Crippen LogP contribution in [0.1, 0.15) is 42.6 Å². The smallest absolute Gasteiger partial charge is 0.219 e. The van der Waals surface area contributed by atoms with E-state index < -0.39 is 0 Å². The maximum Gasteiger partial charge on any atom is 0.219 e. The standard InChI is InChI=1S/C26H31N7O2/c1-16-25-24(30-26-22(15-35-25)21(4-7-27-26)19-11-28-31(3)12-19)10-23(29-16)18-5-8-32(9-6-18)20-13-33(14-20)17(2)34/h4,7,10-12,18,20H,5-6,8-9,13-15H2,1-3H3,(H,27,30). The van der Waals surface area contributed by atoms with Gasteiger partial charge in [0.25, 0.3) is 0 Å². The van der Waals surface area contributed by atoms with Crippen LogP contribution in [0.5, 0.6) is 5.75 Å². The van der Waals surface area contributed by atoms with E-state index in [1.807, 2.05) is 43.5 Å². The van der Waals surface area contributed by atoms with Gasteiger partial charge in [0, 0.05) is 68.2 Å². The highest BCUT2D eigenvalue weighted by atomic mass is 16.5. The second-order valence-electron chi connectivity index (χ2n) is 9.90. The summed E-state index contributed by atoms with van der Waals surface area (Å²) in [6.07, 6.45) is 7.85. The van der Waals surface area contributed by atoms with E-state index in [1.165, 1.54) is 0 Å². The van der Waals surface area contributed by atoms with Crippen molar-refractivity contribution in [3.05, 3.63) is 47.7 Å². The van der Waals surface area contributed by atoms with Crippen LogP contribution in [0.3, 0.4) is 0 Å². The van der Waals surface area contributed by atoms with Crippen molar-refractivity contribution >= 4 is 17.4 Å². The summed E-state index contributed by atoms with van der Waals surface area (Å²) < 4.78 is 8.09. The zero-order valence-electron chi connectivity index (χ0n) is 20.5. The Morgan fingerprint density at radius 3 is 2.74 bits per heavy atom. The maximum absolute atomic E-state index is 11.5. The minimum atomic E-state index is 0.180. The molecule has 3 aliphatic heterocycles. The molecule has 0 aromatic carbocycles. The van der Waals surface area contributed by atoms with Crippen molar-refractivity contribution in [3.8, 4) is 16.9 Å². The maximum atomic E-state index is 11.5. The van der Waals surface area contributed by atoms with Crippen LogP contribution in [0, 0.1) is 6.92 Å². The van der Waals surface area contributed by atoms with Gasteiger partial charge in [0.05, 0.1) is 17.6 Å². The largest absolute Gasteiger partial charge is 0.485 e. The number of piperidine rings is 1. The first kappa shape index (κ1) is 22.0. The number of carbonyl (C=O) groups excluding carboxylic acids is 1. The lowest BCUT2D eigenvalue weighted by Gasteiger charge is -2.47. The minimum absolute atomic E-state index is 0.180. The summed E-state index contributed by atoms with van der Waals surface area (Å²) in [6.45, 7) is 7.92. The van der Waals surface area contributed by atoms with Gasteiger partial charge in [0.1, 0.15) is 12.4 Å². The average Bonchev–Trinajstić information content (AvgIpc) is 3.14. The number of aromatic nitrogens is 4. The zero-order valence-corrected chi connectivity index (χ0v) is 20.5. The van der Waals surface area contributed by atoms with Gasteiger partial charge in [0.2, 0.25) is 5.91 Å². The van der Waals surface area contributed by atoms with Gasteiger partial charge in [0.15, 0.2) is 5.75 Å². The lowest BCUT2D eigenvalue weighted by Crippen LogP contribution is -2.61. The number of anilines is 2. The number of ether oxygens (including phenoxy) is 1. The van der Waals surface area contributed by atoms with Crippen molar-refractivity contribution in [2.24, 2.45) is 7.05 Å². The highest BCUT2D eigenvalue weighted by Gasteiger charge is 2.35. The third kappa shape index (κ3) is 4.03. The van der Waals surface area contributed by atoms with Gasteiger partial charge in [-0.15, -0.1) is 0 Å². The number of carbonyl (C=O) groups is 1. The van der Waals surface area contributed by atoms with Crippen molar-refractivity contribution in [1.82, 2.24) is 29.5 Å². The molecule has 6 rings (SSSR count). The van der Waals surface area contributed by atoms with Gasteiger partial charge in [-0.05, 0) is 50.6 Å². The molecule has 1 N–H and O–H groups in total. The fourth-order valence-electron chi connectivity index (χ4n) is 5.52. The van der Waals surface area contributed by atoms with Gasteiger partial charge < -0.3 is 15.0 Å². The van der Waals surface area contributed by atoms with Crippen LogP contribution in [-0.4, -0.2) is 67.7 Å². The second kappa shape index (κ2) is 8.64. The van der Waals surface area contributed by atoms with E-state index in [2.05, 4.69) is 26.4 Å². The molecule has 3 aromatic rings. The van der Waals surface area contributed by atoms with E-state index in [4.69, 9.17) is 9.72 Å². The van der Waals surface area contributed by atoms with Crippen LogP contribution in [0.15, 0.2) is 30.7 Å². The summed E-state index contributed by atoms with van der Waals surface area (Å²) in [5, 5.41) is 7.87. The number of nitrogens with zero attached hydrogens (tertiary/aromatic N) is 6. The molecule has 35 heavy (non-hydrogen) atoms. The van der Waals surface area contributed by atoms with Crippen LogP contribution in [0.2, 0.25) is 0 Å². The molecule has 3 aliphatic rings. The molecule has 0 aliphatic carbocycles. The lowest BCUT2D eigenvalue weighted by molar-refractivity contribution is -0.136. The Labute approximate surface area is 205 Å². The number of hydrogen-bond acceptors (Lipinski definition) is 7. The number of pyridine rings is 2. The number of amides is 1. The van der Waals surface area contributed by atoms with Gasteiger partial charge in [-0.3, -0.25) is 19.4 Å². The van der Waals surface area contributed by atoms with E-state index in [1.54, 1.807) is 11.6 Å². The molecule has 6 heterocycles. The molecule has 0 spiro atoms. The summed E-state index contributed by atoms with van der Waals surface area (Å²) in [5.74, 6) is 2.20. The average molecular weight is 474 g/mol. The van der Waals surface area contributed by atoms with Gasteiger partial charge in [-0.1, -0.05) is 0 Å². The van der Waals surface area contributed by atoms with Crippen molar-refractivity contribution < 1.29 is 9.53 Å². The Kier molecular flexibility index (Phi) is 5.44. The highest BCUT2D eigenvalue weighted by Crippen LogP contribution is 2.40. The van der Waals surface area contributed by atoms with Crippen molar-refractivity contribution in [3.63, 3.8) is 0 Å². The van der Waals surface area contributed by atoms with E-state index in [-0.39, 0.29) is 5.91 Å². The number of likely N-dealkylation sites (tertiary alicyclic amines) is 2. The number of hydrogen-bond donors (Lipinski definition) is 1. The molecule has 9 heteroatoms. The summed E-state index contributed by atoms with van der Waals surface area (Å²) in [4.78, 5) is 25.6. The Morgan fingerprint density at radius 1 is 1.23 bits per heavy atom. The van der Waals surface area contributed by atoms with E-state index >= 15 is 0 Å². The first-order valence-electron chi connectivity index (χ1n) is 12.3. The van der Waals surface area contributed by atoms with Gasteiger partial charge in [-0.2, -0.15) is 5.10 Å². The van der Waals surface area contributed by atoms with Crippen molar-refractivity contribution in [1.29, 1.82) is 0 Å². The van der Waals surface area contributed by atoms with Gasteiger partial charge >= 0.3 is 0 Å². The third-order valence-electron chi connectivity index (χ3n) is 7.62. The number of rotatable bonds is 3. The first-order chi connectivity index (χ1) is 17.0. The highest BCUT2D eigenvalue weighted by molar-refractivity contribution is 5.76. The van der Waals surface area contributed by atoms with Crippen LogP contribution >= 0.6 is 0 Å². The van der Waals surface area contributed by atoms with Crippen LogP contribution in [0.4, 0.5) is 11.5 Å². The lowest BCUT2D eigenvalue weighted by atomic mass is 9.90. The van der Waals surface area contributed by atoms with Crippen LogP contribution < -0.4 is 10.1 Å². The molecule has 3 aromatic heterocycles. The zero-order chi connectivity index (χ0) is 24.1. The fourth-order valence-corrected chi connectivity index (χ4v) is 5.52.